The maximum Gasteiger partial charge on any atom is 0.528 e. The van der Waals surface area contributed by atoms with E-state index in [9.17, 15) is 9.59 Å². The zero-order chi connectivity index (χ0) is 10.6. The van der Waals surface area contributed by atoms with Crippen LogP contribution in [0.1, 0.15) is 10.4 Å². The molecule has 0 atom stereocenters. The normalized spacial score (nSPS) is 8.86. The van der Waals surface area contributed by atoms with E-state index < -0.39 is 5.97 Å². The summed E-state index contributed by atoms with van der Waals surface area (Å²) < 4.78 is 4.60. The van der Waals surface area contributed by atoms with E-state index in [0.29, 0.717) is 0 Å². The number of nitrogens with zero attached hydrogens (tertiary/aromatic N) is 1. The van der Waals surface area contributed by atoms with E-state index in [-0.39, 0.29) is 17.3 Å². The SMILES string of the molecule is C#[N+][C-]([NH3+])OC(=O)c1ccc(=O)[cH-]c1. The summed E-state index contributed by atoms with van der Waals surface area (Å²) in [5, 5.41) is 0. The number of esters is 1. The lowest BCUT2D eigenvalue weighted by Crippen LogP contribution is -2.54. The summed E-state index contributed by atoms with van der Waals surface area (Å²) in [4.78, 5) is 25.0. The van der Waals surface area contributed by atoms with Crippen LogP contribution in [0.15, 0.2) is 29.1 Å². The molecule has 0 aromatic heterocycles. The quantitative estimate of drug-likeness (QED) is 0.510. The number of rotatable bonds is 2. The second-order valence-corrected chi connectivity index (χ2v) is 2.44. The highest BCUT2D eigenvalue weighted by atomic mass is 16.6. The van der Waals surface area contributed by atoms with E-state index in [2.05, 4.69) is 15.3 Å². The molecule has 0 spiro atoms. The highest BCUT2D eigenvalue weighted by Gasteiger charge is 2.12. The van der Waals surface area contributed by atoms with Gasteiger partial charge >= 0.3 is 6.35 Å². The van der Waals surface area contributed by atoms with Crippen molar-refractivity contribution in [2.75, 3.05) is 0 Å². The molecule has 0 fully saturated rings. The van der Waals surface area contributed by atoms with Crippen molar-refractivity contribution >= 4 is 5.97 Å². The lowest BCUT2D eigenvalue weighted by Gasteiger charge is -2.05. The van der Waals surface area contributed by atoms with Crippen LogP contribution < -0.4 is 11.2 Å². The number of hydrogen-bond donors (Lipinski definition) is 1. The minimum atomic E-state index is -0.649. The molecule has 3 N–H and O–H groups in total. The number of carbonyl (C=O) groups is 1. The largest absolute Gasteiger partial charge is 0.528 e. The van der Waals surface area contributed by atoms with Crippen LogP contribution in [0.4, 0.5) is 0 Å². The molecule has 0 aliphatic rings. The minimum Gasteiger partial charge on any atom is -0.413 e. The van der Waals surface area contributed by atoms with Crippen molar-refractivity contribution in [3.05, 3.63) is 51.2 Å². The first-order chi connectivity index (χ1) is 6.63. The van der Waals surface area contributed by atoms with Gasteiger partial charge in [-0.2, -0.15) is 12.1 Å². The Morgan fingerprint density at radius 3 is 2.86 bits per heavy atom. The molecule has 0 unspecified atom stereocenters. The van der Waals surface area contributed by atoms with Crippen molar-refractivity contribution < 1.29 is 15.3 Å². The predicted octanol–water partition coefficient (Wildman–Crippen LogP) is -0.426. The molecule has 0 heterocycles. The van der Waals surface area contributed by atoms with Crippen molar-refractivity contribution in [3.8, 4) is 6.57 Å². The molecule has 0 saturated carbocycles. The fourth-order valence-electron chi connectivity index (χ4n) is 0.783. The average molecular weight is 192 g/mol. The zero-order valence-electron chi connectivity index (χ0n) is 7.27. The molecule has 0 aliphatic heterocycles. The summed E-state index contributed by atoms with van der Waals surface area (Å²) >= 11 is 0. The number of ether oxygens (including phenoxy) is 1. The second-order valence-electron chi connectivity index (χ2n) is 2.44. The van der Waals surface area contributed by atoms with E-state index in [0.717, 1.165) is 0 Å². The van der Waals surface area contributed by atoms with Gasteiger partial charge < -0.3 is 9.53 Å². The number of quaternary nitrogens is 1. The van der Waals surface area contributed by atoms with E-state index in [1.807, 2.05) is 0 Å². The van der Waals surface area contributed by atoms with Crippen molar-refractivity contribution in [1.82, 2.24) is 0 Å². The Morgan fingerprint density at radius 2 is 2.36 bits per heavy atom. The van der Waals surface area contributed by atoms with E-state index in [1.165, 1.54) is 24.3 Å². The lowest BCUT2D eigenvalue weighted by molar-refractivity contribution is -0.390. The van der Waals surface area contributed by atoms with Gasteiger partial charge in [0.15, 0.2) is 0 Å². The molecule has 72 valence electrons. The van der Waals surface area contributed by atoms with Gasteiger partial charge in [0.1, 0.15) is 0 Å². The van der Waals surface area contributed by atoms with Gasteiger partial charge in [0.2, 0.25) is 0 Å². The molecular formula is C9H8N2O3. The third-order valence-electron chi connectivity index (χ3n) is 1.44. The summed E-state index contributed by atoms with van der Waals surface area (Å²) in [7, 11) is 0. The van der Waals surface area contributed by atoms with Gasteiger partial charge in [-0.3, -0.25) is 10.5 Å². The average Bonchev–Trinajstić information content (AvgIpc) is 2.18. The van der Waals surface area contributed by atoms with Crippen molar-refractivity contribution in [2.45, 2.75) is 0 Å². The van der Waals surface area contributed by atoms with E-state index >= 15 is 0 Å². The minimum absolute atomic E-state index is 0.177. The second kappa shape index (κ2) is 4.16. The number of hydrogen-bond acceptors (Lipinski definition) is 3. The van der Waals surface area contributed by atoms with Crippen LogP contribution in [0.25, 0.3) is 4.85 Å². The molecule has 1 aromatic rings. The molecule has 0 aliphatic carbocycles. The van der Waals surface area contributed by atoms with Gasteiger partial charge in [0.25, 0.3) is 5.97 Å². The zero-order valence-corrected chi connectivity index (χ0v) is 7.27. The summed E-state index contributed by atoms with van der Waals surface area (Å²) in [5.41, 5.74) is 3.33. The Balaban J connectivity index is 2.76. The van der Waals surface area contributed by atoms with Crippen molar-refractivity contribution in [2.24, 2.45) is 0 Å². The molecule has 0 amide bonds. The molecule has 1 aromatic carbocycles. The predicted molar refractivity (Wildman–Crippen MR) is 48.2 cm³/mol. The Kier molecular flexibility index (Phi) is 2.94. The van der Waals surface area contributed by atoms with Crippen LogP contribution in [0.5, 0.6) is 0 Å². The first kappa shape index (κ1) is 9.89. The maximum absolute atomic E-state index is 11.2. The van der Waals surface area contributed by atoms with E-state index in [4.69, 9.17) is 6.57 Å². The standard InChI is InChI=1S/C9H8N2O3/c1-11-9(10)14-8(13)6-2-4-7(12)5-3-6/h1-5H,10H3. The molecule has 1 rings (SSSR count). The van der Waals surface area contributed by atoms with Crippen LogP contribution in [0, 0.1) is 12.9 Å². The van der Waals surface area contributed by atoms with Gasteiger partial charge in [-0.15, -0.1) is 17.0 Å². The molecule has 0 radical (unpaired) electrons. The summed E-state index contributed by atoms with van der Waals surface area (Å²) in [6, 6.07) is 5.24. The Labute approximate surface area is 79.9 Å². The first-order valence-electron chi connectivity index (χ1n) is 3.72. The Morgan fingerprint density at radius 1 is 1.64 bits per heavy atom. The van der Waals surface area contributed by atoms with Crippen LogP contribution in [0.3, 0.4) is 0 Å². The maximum atomic E-state index is 11.2. The molecular weight excluding hydrogens is 184 g/mol. The molecule has 0 bridgehead atoms. The summed E-state index contributed by atoms with van der Waals surface area (Å²) in [6.07, 6.45) is -0.179. The highest BCUT2D eigenvalue weighted by Crippen LogP contribution is 2.02. The van der Waals surface area contributed by atoms with Crippen LogP contribution in [-0.2, 0) is 4.74 Å². The molecule has 5 nitrogen and oxygen atoms in total. The van der Waals surface area contributed by atoms with E-state index in [1.54, 1.807) is 0 Å². The van der Waals surface area contributed by atoms with Crippen LogP contribution in [0.2, 0.25) is 0 Å². The number of benzene rings is 1. The number of carbonyl (C=O) groups excluding carboxylic acids is 1. The van der Waals surface area contributed by atoms with Gasteiger partial charge in [-0.05, 0) is 0 Å². The van der Waals surface area contributed by atoms with Gasteiger partial charge in [-0.25, -0.2) is 0 Å². The fraction of sp³-hybridized carbons (Fsp3) is 0. The molecule has 0 saturated heterocycles. The van der Waals surface area contributed by atoms with Gasteiger partial charge in [-0.1, -0.05) is 5.56 Å². The lowest BCUT2D eigenvalue weighted by atomic mass is 10.2. The molecule has 14 heavy (non-hydrogen) atoms. The highest BCUT2D eigenvalue weighted by molar-refractivity contribution is 5.89. The first-order valence-corrected chi connectivity index (χ1v) is 3.72. The summed E-state index contributed by atoms with van der Waals surface area (Å²) in [6.45, 7) is 4.82. The van der Waals surface area contributed by atoms with Crippen molar-refractivity contribution in [1.29, 1.82) is 0 Å². The molecule has 5 heteroatoms. The summed E-state index contributed by atoms with van der Waals surface area (Å²) in [5.74, 6) is -0.649. The smallest absolute Gasteiger partial charge is 0.413 e. The Bertz CT molecular complexity index is 410. The third kappa shape index (κ3) is 2.40. The van der Waals surface area contributed by atoms with Crippen LogP contribution in [-0.4, -0.2) is 5.97 Å². The Hall–Kier alpha value is -2.19. The van der Waals surface area contributed by atoms with Crippen molar-refractivity contribution in [3.63, 3.8) is 0 Å². The monoisotopic (exact) mass is 192 g/mol. The third-order valence-corrected chi connectivity index (χ3v) is 1.44. The van der Waals surface area contributed by atoms with Gasteiger partial charge in [0.05, 0.1) is 5.43 Å². The topological polar surface area (TPSA) is 75.4 Å². The van der Waals surface area contributed by atoms with Crippen LogP contribution >= 0.6 is 0 Å². The van der Waals surface area contributed by atoms with Gasteiger partial charge in [0, 0.05) is 6.57 Å². The fourth-order valence-corrected chi connectivity index (χ4v) is 0.783.